The lowest BCUT2D eigenvalue weighted by Gasteiger charge is -2.24. The van der Waals surface area contributed by atoms with E-state index >= 15 is 0 Å². The first-order chi connectivity index (χ1) is 11.6. The molecule has 12 heteroatoms. The monoisotopic (exact) mass is 422 g/mol. The Kier molecular flexibility index (Phi) is 11.3. The summed E-state index contributed by atoms with van der Waals surface area (Å²) < 4.78 is 41.2. The van der Waals surface area contributed by atoms with E-state index in [2.05, 4.69) is 9.05 Å². The van der Waals surface area contributed by atoms with E-state index in [1.807, 2.05) is 27.7 Å². The predicted octanol–water partition coefficient (Wildman–Crippen LogP) is 2.07. The van der Waals surface area contributed by atoms with Crippen molar-refractivity contribution >= 4 is 15.6 Å². The molecule has 0 aromatic rings. The second kappa shape index (κ2) is 11.2. The van der Waals surface area contributed by atoms with Crippen LogP contribution < -0.4 is 0 Å². The topological polar surface area (TPSA) is 152 Å². The van der Waals surface area contributed by atoms with Gasteiger partial charge in [0.2, 0.25) is 0 Å². The molecule has 0 aromatic carbocycles. The van der Waals surface area contributed by atoms with Crippen molar-refractivity contribution in [2.24, 2.45) is 10.8 Å². The van der Waals surface area contributed by atoms with Crippen LogP contribution in [0.5, 0.6) is 0 Å². The molecular weight excluding hydrogens is 390 g/mol. The van der Waals surface area contributed by atoms with Gasteiger partial charge in [-0.25, -0.2) is 9.13 Å². The highest BCUT2D eigenvalue weighted by Crippen LogP contribution is 2.39. The van der Waals surface area contributed by atoms with Crippen molar-refractivity contribution in [3.05, 3.63) is 0 Å². The van der Waals surface area contributed by atoms with E-state index in [1.165, 1.54) is 0 Å². The summed E-state index contributed by atoms with van der Waals surface area (Å²) in [6, 6.07) is 0. The summed E-state index contributed by atoms with van der Waals surface area (Å²) in [4.78, 5) is 34.8. The van der Waals surface area contributed by atoms with Gasteiger partial charge in [0, 0.05) is 13.2 Å². The van der Waals surface area contributed by atoms with Crippen molar-refractivity contribution in [3.63, 3.8) is 0 Å². The molecule has 10 nitrogen and oxygen atoms in total. The number of ether oxygens (including phenoxy) is 2. The Morgan fingerprint density at radius 3 is 1.23 bits per heavy atom. The van der Waals surface area contributed by atoms with Crippen LogP contribution in [-0.2, 0) is 27.7 Å². The summed E-state index contributed by atoms with van der Waals surface area (Å²) in [5, 5.41) is 0. The lowest BCUT2D eigenvalue weighted by Crippen LogP contribution is -2.22. The lowest BCUT2D eigenvalue weighted by atomic mass is 9.91. The van der Waals surface area contributed by atoms with E-state index in [9.17, 15) is 9.13 Å². The summed E-state index contributed by atoms with van der Waals surface area (Å²) in [6.45, 7) is 8.71. The second-order valence-corrected chi connectivity index (χ2v) is 10.1. The molecule has 0 fully saturated rings. The van der Waals surface area contributed by atoms with Gasteiger partial charge < -0.3 is 29.0 Å². The molecule has 0 atom stereocenters. The molecule has 0 amide bonds. The fourth-order valence-corrected chi connectivity index (χ4v) is 2.72. The molecule has 0 bridgehead atoms. The average molecular weight is 422 g/mol. The molecule has 0 heterocycles. The van der Waals surface area contributed by atoms with Crippen LogP contribution in [0.3, 0.4) is 0 Å². The van der Waals surface area contributed by atoms with Crippen molar-refractivity contribution in [3.8, 4) is 0 Å². The van der Waals surface area contributed by atoms with Crippen molar-refractivity contribution in [1.29, 1.82) is 0 Å². The highest BCUT2D eigenvalue weighted by Gasteiger charge is 2.25. The van der Waals surface area contributed by atoms with E-state index in [1.54, 1.807) is 0 Å². The minimum absolute atomic E-state index is 0.0666. The zero-order chi connectivity index (χ0) is 20.5. The zero-order valence-corrected chi connectivity index (χ0v) is 17.6. The largest absolute Gasteiger partial charge is 0.469 e. The third-order valence-corrected chi connectivity index (χ3v) is 4.40. The SMILES string of the molecule is CC(C)(CCOCCOCCC(C)(C)COP(=O)(O)O)COP(=O)(O)O. The Labute approximate surface area is 154 Å². The summed E-state index contributed by atoms with van der Waals surface area (Å²) >= 11 is 0. The van der Waals surface area contributed by atoms with E-state index in [4.69, 9.17) is 29.0 Å². The zero-order valence-electron chi connectivity index (χ0n) is 15.8. The summed E-state index contributed by atoms with van der Waals surface area (Å²) in [7, 11) is -8.92. The van der Waals surface area contributed by atoms with Gasteiger partial charge in [-0.2, -0.15) is 0 Å². The highest BCUT2D eigenvalue weighted by molar-refractivity contribution is 7.46. The summed E-state index contributed by atoms with van der Waals surface area (Å²) in [5.74, 6) is 0. The van der Waals surface area contributed by atoms with Gasteiger partial charge in [0.15, 0.2) is 0 Å². The molecule has 0 rings (SSSR count). The number of phosphoric ester groups is 2. The molecule has 0 radical (unpaired) electrons. The van der Waals surface area contributed by atoms with Gasteiger partial charge in [-0.3, -0.25) is 9.05 Å². The number of phosphoric acid groups is 2. The fraction of sp³-hybridized carbons (Fsp3) is 1.00. The molecule has 158 valence electrons. The van der Waals surface area contributed by atoms with Crippen LogP contribution in [0.15, 0.2) is 0 Å². The lowest BCUT2D eigenvalue weighted by molar-refractivity contribution is 0.0175. The van der Waals surface area contributed by atoms with Crippen LogP contribution in [-0.4, -0.2) is 59.2 Å². The molecular formula is C14H32O10P2. The third kappa shape index (κ3) is 17.5. The standard InChI is InChI=1S/C14H32O10P2/c1-13(2,11-23-25(15,16)17)5-7-21-9-10-22-8-6-14(3,4)12-24-26(18,19)20/h5-12H2,1-4H3,(H2,15,16,17)(H2,18,19,20). The second-order valence-electron chi connectivity index (χ2n) is 7.58. The molecule has 0 aliphatic carbocycles. The molecule has 0 spiro atoms. The molecule has 0 saturated carbocycles. The molecule has 0 unspecified atom stereocenters. The Morgan fingerprint density at radius 1 is 0.654 bits per heavy atom. The van der Waals surface area contributed by atoms with Gasteiger partial charge in [-0.05, 0) is 23.7 Å². The maximum atomic E-state index is 10.7. The number of rotatable bonds is 15. The van der Waals surface area contributed by atoms with Gasteiger partial charge in [0.1, 0.15) is 0 Å². The molecule has 26 heavy (non-hydrogen) atoms. The van der Waals surface area contributed by atoms with Gasteiger partial charge in [0.05, 0.1) is 26.4 Å². The van der Waals surface area contributed by atoms with Crippen molar-refractivity contribution in [1.82, 2.24) is 0 Å². The van der Waals surface area contributed by atoms with Crippen LogP contribution in [0.2, 0.25) is 0 Å². The van der Waals surface area contributed by atoms with Gasteiger partial charge in [-0.1, -0.05) is 27.7 Å². The molecule has 4 N–H and O–H groups in total. The van der Waals surface area contributed by atoms with E-state index in [0.717, 1.165) is 0 Å². The Morgan fingerprint density at radius 2 is 0.962 bits per heavy atom. The average Bonchev–Trinajstić information content (AvgIpc) is 2.45. The van der Waals surface area contributed by atoms with Crippen LogP contribution in [0.25, 0.3) is 0 Å². The van der Waals surface area contributed by atoms with E-state index in [-0.39, 0.29) is 13.2 Å². The first-order valence-corrected chi connectivity index (χ1v) is 11.2. The quantitative estimate of drug-likeness (QED) is 0.228. The molecule has 0 saturated heterocycles. The third-order valence-electron chi connectivity index (χ3n) is 3.47. The van der Waals surface area contributed by atoms with E-state index in [0.29, 0.717) is 39.3 Å². The van der Waals surface area contributed by atoms with Gasteiger partial charge in [-0.15, -0.1) is 0 Å². The van der Waals surface area contributed by atoms with Crippen LogP contribution in [0, 0.1) is 10.8 Å². The van der Waals surface area contributed by atoms with Crippen molar-refractivity contribution in [2.45, 2.75) is 40.5 Å². The molecule has 0 aliphatic rings. The highest BCUT2D eigenvalue weighted by atomic mass is 31.2. The number of hydrogen-bond donors (Lipinski definition) is 4. The summed E-state index contributed by atoms with van der Waals surface area (Å²) in [6.07, 6.45) is 1.14. The first-order valence-electron chi connectivity index (χ1n) is 8.18. The van der Waals surface area contributed by atoms with Gasteiger partial charge >= 0.3 is 15.6 Å². The summed E-state index contributed by atoms with van der Waals surface area (Å²) in [5.41, 5.74) is -0.851. The minimum Gasteiger partial charge on any atom is -0.379 e. The van der Waals surface area contributed by atoms with Crippen LogP contribution in [0.4, 0.5) is 0 Å². The molecule has 0 aromatic heterocycles. The predicted molar refractivity (Wildman–Crippen MR) is 94.4 cm³/mol. The van der Waals surface area contributed by atoms with Crippen molar-refractivity contribution in [2.75, 3.05) is 39.6 Å². The normalized spacial score (nSPS) is 14.0. The van der Waals surface area contributed by atoms with Crippen LogP contribution in [0.1, 0.15) is 40.5 Å². The smallest absolute Gasteiger partial charge is 0.379 e. The molecule has 0 aliphatic heterocycles. The maximum Gasteiger partial charge on any atom is 0.469 e. The fourth-order valence-electron chi connectivity index (χ4n) is 1.68. The number of hydrogen-bond acceptors (Lipinski definition) is 6. The van der Waals surface area contributed by atoms with E-state index < -0.39 is 26.5 Å². The van der Waals surface area contributed by atoms with Gasteiger partial charge in [0.25, 0.3) is 0 Å². The first kappa shape index (κ1) is 26.1. The van der Waals surface area contributed by atoms with Crippen molar-refractivity contribution < 1.29 is 47.2 Å². The Balaban J connectivity index is 3.72. The maximum absolute atomic E-state index is 10.7. The Bertz CT molecular complexity index is 438. The van der Waals surface area contributed by atoms with Crippen LogP contribution >= 0.6 is 15.6 Å². The minimum atomic E-state index is -4.46. The Hall–Kier alpha value is 0.140.